The van der Waals surface area contributed by atoms with Crippen LogP contribution in [0.4, 0.5) is 0 Å². The van der Waals surface area contributed by atoms with Crippen molar-refractivity contribution in [1.82, 2.24) is 0 Å². The number of hydrogen-bond acceptors (Lipinski definition) is 15. The minimum atomic E-state index is -4.95. The maximum Gasteiger partial charge on any atom is 0.472 e. The summed E-state index contributed by atoms with van der Waals surface area (Å²) in [6.07, 6.45) is 59.6. The molecule has 94 heavy (non-hydrogen) atoms. The average Bonchev–Trinajstić information content (AvgIpc) is 1.31. The van der Waals surface area contributed by atoms with Gasteiger partial charge >= 0.3 is 39.5 Å². The zero-order valence-electron chi connectivity index (χ0n) is 60.9. The summed E-state index contributed by atoms with van der Waals surface area (Å²) in [6, 6.07) is 0. The molecular weight excluding hydrogens is 1230 g/mol. The minimum Gasteiger partial charge on any atom is -0.462 e. The van der Waals surface area contributed by atoms with Gasteiger partial charge in [-0.15, -0.1) is 0 Å². The molecule has 0 saturated heterocycles. The molecule has 17 nitrogen and oxygen atoms in total. The van der Waals surface area contributed by atoms with E-state index in [2.05, 4.69) is 27.7 Å². The van der Waals surface area contributed by atoms with Crippen molar-refractivity contribution in [3.63, 3.8) is 0 Å². The highest BCUT2D eigenvalue weighted by Gasteiger charge is 2.30. The van der Waals surface area contributed by atoms with Crippen molar-refractivity contribution in [3.8, 4) is 0 Å². The largest absolute Gasteiger partial charge is 0.472 e. The minimum absolute atomic E-state index is 0.108. The molecule has 19 heteroatoms. The molecule has 0 aromatic heterocycles. The summed E-state index contributed by atoms with van der Waals surface area (Å²) >= 11 is 0. The van der Waals surface area contributed by atoms with Crippen LogP contribution in [0.15, 0.2) is 0 Å². The fourth-order valence-corrected chi connectivity index (χ4v) is 13.2. The maximum absolute atomic E-state index is 13.1. The van der Waals surface area contributed by atoms with Crippen LogP contribution in [0, 0.1) is 0 Å². The van der Waals surface area contributed by atoms with Crippen molar-refractivity contribution < 1.29 is 80.2 Å². The standard InChI is InChI=1S/C75H146O17P2/c1-5-9-13-17-21-25-29-32-33-34-35-36-37-38-39-42-46-50-54-58-62-75(80)92-71(66-86-73(78)60-56-52-48-44-40-30-26-22-18-14-10-6-2)68-90-94(83,84)88-64-69(76)63-87-93(81,82)89-67-70(65-85-72(77)59-55-51-47-43-28-24-20-16-12-8-4)91-74(79)61-57-53-49-45-41-31-27-23-19-15-11-7-3/h69-71,76H,5-68H2,1-4H3,(H,81,82)(H,83,84)/t69-,70+,71+/m0/s1. The lowest BCUT2D eigenvalue weighted by Gasteiger charge is -2.21. The van der Waals surface area contributed by atoms with E-state index in [0.717, 1.165) is 89.9 Å². The van der Waals surface area contributed by atoms with Crippen LogP contribution in [-0.4, -0.2) is 96.7 Å². The van der Waals surface area contributed by atoms with E-state index < -0.39 is 97.5 Å². The van der Waals surface area contributed by atoms with Crippen molar-refractivity contribution in [1.29, 1.82) is 0 Å². The quantitative estimate of drug-likeness (QED) is 0.0222. The molecule has 0 bridgehead atoms. The number of aliphatic hydroxyl groups excluding tert-OH is 1. The Morgan fingerprint density at radius 2 is 0.426 bits per heavy atom. The molecule has 0 spiro atoms. The van der Waals surface area contributed by atoms with Gasteiger partial charge in [-0.25, -0.2) is 9.13 Å². The van der Waals surface area contributed by atoms with Gasteiger partial charge in [0.1, 0.15) is 19.3 Å². The first-order valence-electron chi connectivity index (χ1n) is 39.3. The van der Waals surface area contributed by atoms with Crippen LogP contribution in [0.25, 0.3) is 0 Å². The van der Waals surface area contributed by atoms with E-state index >= 15 is 0 Å². The molecule has 0 aliphatic heterocycles. The van der Waals surface area contributed by atoms with Crippen LogP contribution in [0.3, 0.4) is 0 Å². The molecule has 2 unspecified atom stereocenters. The summed E-state index contributed by atoms with van der Waals surface area (Å²) in [5.41, 5.74) is 0. The monoisotopic (exact) mass is 1380 g/mol. The van der Waals surface area contributed by atoms with Crippen molar-refractivity contribution in [2.75, 3.05) is 39.6 Å². The van der Waals surface area contributed by atoms with Gasteiger partial charge in [-0.3, -0.25) is 37.3 Å². The number of carbonyl (C=O) groups excluding carboxylic acids is 4. The Morgan fingerprint density at radius 1 is 0.255 bits per heavy atom. The predicted octanol–water partition coefficient (Wildman–Crippen LogP) is 22.2. The van der Waals surface area contributed by atoms with Gasteiger partial charge in [-0.05, 0) is 25.7 Å². The van der Waals surface area contributed by atoms with Gasteiger partial charge in [-0.2, -0.15) is 0 Å². The second kappa shape index (κ2) is 69.5. The van der Waals surface area contributed by atoms with E-state index in [1.54, 1.807) is 0 Å². The zero-order chi connectivity index (χ0) is 69.0. The van der Waals surface area contributed by atoms with E-state index in [-0.39, 0.29) is 25.7 Å². The number of ether oxygens (including phenoxy) is 4. The molecule has 0 amide bonds. The average molecular weight is 1380 g/mol. The summed E-state index contributed by atoms with van der Waals surface area (Å²) < 4.78 is 68.4. The number of aliphatic hydroxyl groups is 1. The third-order valence-corrected chi connectivity index (χ3v) is 19.5. The van der Waals surface area contributed by atoms with Crippen molar-refractivity contribution in [3.05, 3.63) is 0 Å². The van der Waals surface area contributed by atoms with Crippen LogP contribution >= 0.6 is 15.6 Å². The first-order valence-corrected chi connectivity index (χ1v) is 42.3. The molecule has 3 N–H and O–H groups in total. The Kier molecular flexibility index (Phi) is 68.1. The van der Waals surface area contributed by atoms with Gasteiger partial charge in [0.05, 0.1) is 26.4 Å². The number of carbonyl (C=O) groups is 4. The van der Waals surface area contributed by atoms with Crippen molar-refractivity contribution in [2.24, 2.45) is 0 Å². The lowest BCUT2D eigenvalue weighted by atomic mass is 10.0. The van der Waals surface area contributed by atoms with Crippen molar-refractivity contribution >= 4 is 39.5 Å². The Bertz CT molecular complexity index is 1790. The second-order valence-corrected chi connectivity index (χ2v) is 29.9. The van der Waals surface area contributed by atoms with Gasteiger partial charge in [0, 0.05) is 25.7 Å². The fourth-order valence-electron chi connectivity index (χ4n) is 11.6. The number of phosphoric ester groups is 2. The van der Waals surface area contributed by atoms with Crippen molar-refractivity contribution in [2.45, 2.75) is 418 Å². The number of unbranched alkanes of at least 4 members (excludes halogenated alkanes) is 50. The summed E-state index contributed by atoms with van der Waals surface area (Å²) in [5.74, 6) is -2.11. The molecule has 0 radical (unpaired) electrons. The second-order valence-electron chi connectivity index (χ2n) is 27.0. The molecule has 0 rings (SSSR count). The highest BCUT2D eigenvalue weighted by Crippen LogP contribution is 2.45. The van der Waals surface area contributed by atoms with E-state index in [1.165, 1.54) is 231 Å². The highest BCUT2D eigenvalue weighted by atomic mass is 31.2. The summed E-state index contributed by atoms with van der Waals surface area (Å²) in [7, 11) is -9.90. The molecule has 0 aromatic carbocycles. The van der Waals surface area contributed by atoms with Crippen LogP contribution in [0.2, 0.25) is 0 Å². The number of esters is 4. The van der Waals surface area contributed by atoms with Crippen LogP contribution < -0.4 is 0 Å². The third-order valence-electron chi connectivity index (χ3n) is 17.6. The molecule has 0 aliphatic carbocycles. The smallest absolute Gasteiger partial charge is 0.462 e. The lowest BCUT2D eigenvalue weighted by Crippen LogP contribution is -2.30. The Labute approximate surface area is 575 Å². The lowest BCUT2D eigenvalue weighted by molar-refractivity contribution is -0.161. The normalized spacial score (nSPS) is 13.9. The SMILES string of the molecule is CCCCCCCCCCCCCCCCCCCCCCC(=O)O[C@H](COC(=O)CCCCCCCCCCCCCC)COP(=O)(O)OC[C@@H](O)COP(=O)(O)OC[C@@H](COC(=O)CCCCCCCCCCCC)OC(=O)CCCCCCCCCCCCCC. The van der Waals surface area contributed by atoms with Crippen LogP contribution in [0.1, 0.15) is 400 Å². The van der Waals surface area contributed by atoms with Gasteiger partial charge in [0.2, 0.25) is 0 Å². The molecule has 0 heterocycles. The molecule has 0 saturated carbocycles. The first-order chi connectivity index (χ1) is 45.7. The van der Waals surface area contributed by atoms with Crippen LogP contribution in [0.5, 0.6) is 0 Å². The summed E-state index contributed by atoms with van der Waals surface area (Å²) in [6.45, 7) is 4.97. The number of phosphoric acid groups is 2. The van der Waals surface area contributed by atoms with Gasteiger partial charge in [0.15, 0.2) is 12.2 Å². The predicted molar refractivity (Wildman–Crippen MR) is 382 cm³/mol. The highest BCUT2D eigenvalue weighted by molar-refractivity contribution is 7.47. The maximum atomic E-state index is 13.1. The summed E-state index contributed by atoms with van der Waals surface area (Å²) in [5, 5.41) is 10.6. The van der Waals surface area contributed by atoms with E-state index in [4.69, 9.17) is 37.0 Å². The van der Waals surface area contributed by atoms with Gasteiger partial charge < -0.3 is 33.8 Å². The van der Waals surface area contributed by atoms with E-state index in [1.807, 2.05) is 0 Å². The van der Waals surface area contributed by atoms with Gasteiger partial charge in [-0.1, -0.05) is 349 Å². The Hall–Kier alpha value is -1.94. The Morgan fingerprint density at radius 3 is 0.628 bits per heavy atom. The molecule has 5 atom stereocenters. The van der Waals surface area contributed by atoms with Gasteiger partial charge in [0.25, 0.3) is 0 Å². The number of hydrogen-bond donors (Lipinski definition) is 3. The van der Waals surface area contributed by atoms with E-state index in [0.29, 0.717) is 25.7 Å². The molecule has 0 aromatic rings. The molecular formula is C75H146O17P2. The zero-order valence-corrected chi connectivity index (χ0v) is 62.7. The third kappa shape index (κ3) is 68.6. The first kappa shape index (κ1) is 92.1. The summed E-state index contributed by atoms with van der Waals surface area (Å²) in [4.78, 5) is 72.7. The number of rotatable bonds is 76. The fraction of sp³-hybridized carbons (Fsp3) is 0.947. The van der Waals surface area contributed by atoms with Crippen LogP contribution in [-0.2, 0) is 65.4 Å². The Balaban J connectivity index is 5.19. The topological polar surface area (TPSA) is 237 Å². The molecule has 0 aliphatic rings. The van der Waals surface area contributed by atoms with E-state index in [9.17, 15) is 43.2 Å². The molecule has 558 valence electrons. The molecule has 0 fully saturated rings.